The summed E-state index contributed by atoms with van der Waals surface area (Å²) < 4.78 is 13.1. The molecule has 9 heteroatoms. The van der Waals surface area contributed by atoms with Crippen LogP contribution in [0.25, 0.3) is 11.3 Å². The molecule has 0 saturated carbocycles. The van der Waals surface area contributed by atoms with E-state index in [0.717, 1.165) is 16.8 Å². The van der Waals surface area contributed by atoms with Crippen LogP contribution in [0.4, 0.5) is 27.8 Å². The number of aromatic amines is 1. The molecule has 146 valence electrons. The summed E-state index contributed by atoms with van der Waals surface area (Å²) in [5, 5.41) is 13.6. The summed E-state index contributed by atoms with van der Waals surface area (Å²) in [5.41, 5.74) is 8.52. The maximum atomic E-state index is 13.1. The highest BCUT2D eigenvalue weighted by molar-refractivity contribution is 5.65. The summed E-state index contributed by atoms with van der Waals surface area (Å²) in [6, 6.07) is 13.6. The summed E-state index contributed by atoms with van der Waals surface area (Å²) >= 11 is 0. The predicted octanol–water partition coefficient (Wildman–Crippen LogP) is 3.90. The van der Waals surface area contributed by atoms with E-state index in [9.17, 15) is 4.39 Å². The van der Waals surface area contributed by atoms with Crippen molar-refractivity contribution >= 4 is 23.4 Å². The van der Waals surface area contributed by atoms with Crippen LogP contribution in [0.2, 0.25) is 0 Å². The first-order chi connectivity index (χ1) is 14.1. The zero-order chi connectivity index (χ0) is 20.2. The third kappa shape index (κ3) is 4.46. The number of anilines is 4. The molecule has 0 fully saturated rings. The molecule has 1 unspecified atom stereocenters. The van der Waals surface area contributed by atoms with Crippen molar-refractivity contribution in [3.63, 3.8) is 0 Å². The third-order valence-electron chi connectivity index (χ3n) is 4.28. The first-order valence-electron chi connectivity index (χ1n) is 8.96. The van der Waals surface area contributed by atoms with Gasteiger partial charge in [0.15, 0.2) is 5.82 Å². The summed E-state index contributed by atoms with van der Waals surface area (Å²) in [4.78, 5) is 12.5. The number of nitrogens with one attached hydrogen (secondary N) is 3. The van der Waals surface area contributed by atoms with Crippen molar-refractivity contribution in [3.8, 4) is 11.3 Å². The van der Waals surface area contributed by atoms with Gasteiger partial charge in [-0.3, -0.25) is 10.1 Å². The van der Waals surface area contributed by atoms with Gasteiger partial charge in [0.05, 0.1) is 5.69 Å². The second kappa shape index (κ2) is 7.93. The minimum atomic E-state index is -0.275. The maximum absolute atomic E-state index is 13.1. The van der Waals surface area contributed by atoms with Gasteiger partial charge in [0.25, 0.3) is 0 Å². The van der Waals surface area contributed by atoms with Gasteiger partial charge >= 0.3 is 0 Å². The van der Waals surface area contributed by atoms with Gasteiger partial charge in [0.2, 0.25) is 5.95 Å². The van der Waals surface area contributed by atoms with Gasteiger partial charge in [-0.1, -0.05) is 12.1 Å². The molecular formula is C20H19FN8. The van der Waals surface area contributed by atoms with Crippen molar-refractivity contribution in [2.24, 2.45) is 0 Å². The summed E-state index contributed by atoms with van der Waals surface area (Å²) in [6.07, 6.45) is 3.46. The SMILES string of the molecule is CC(Nc1cc(Nc2cc(-c3cccnc3)[nH]n2)nc(N)n1)c1ccc(F)cc1. The highest BCUT2D eigenvalue weighted by Crippen LogP contribution is 2.24. The van der Waals surface area contributed by atoms with E-state index >= 15 is 0 Å². The smallest absolute Gasteiger partial charge is 0.223 e. The van der Waals surface area contributed by atoms with Crippen molar-refractivity contribution in [3.05, 3.63) is 72.3 Å². The molecule has 3 heterocycles. The fraction of sp³-hybridized carbons (Fsp3) is 0.100. The molecule has 29 heavy (non-hydrogen) atoms. The molecule has 4 rings (SSSR count). The van der Waals surface area contributed by atoms with Crippen molar-refractivity contribution < 1.29 is 4.39 Å². The predicted molar refractivity (Wildman–Crippen MR) is 110 cm³/mol. The standard InChI is InChI=1S/C20H19FN8/c1-12(13-4-6-15(21)7-5-13)24-17-10-18(27-20(22)26-17)25-19-9-16(28-29-19)14-3-2-8-23-11-14/h2-12H,1H3,(H5,22,24,25,26,27,28,29). The van der Waals surface area contributed by atoms with E-state index in [1.54, 1.807) is 30.6 Å². The monoisotopic (exact) mass is 390 g/mol. The highest BCUT2D eigenvalue weighted by atomic mass is 19.1. The van der Waals surface area contributed by atoms with Crippen LogP contribution in [-0.2, 0) is 0 Å². The molecule has 0 spiro atoms. The largest absolute Gasteiger partial charge is 0.368 e. The van der Waals surface area contributed by atoms with E-state index in [-0.39, 0.29) is 17.8 Å². The molecule has 0 bridgehead atoms. The van der Waals surface area contributed by atoms with Gasteiger partial charge in [-0.2, -0.15) is 15.1 Å². The second-order valence-corrected chi connectivity index (χ2v) is 6.45. The molecular weight excluding hydrogens is 371 g/mol. The number of benzene rings is 1. The van der Waals surface area contributed by atoms with Crippen LogP contribution in [-0.4, -0.2) is 25.1 Å². The molecule has 0 aliphatic carbocycles. The topological polar surface area (TPSA) is 117 Å². The van der Waals surface area contributed by atoms with Crippen molar-refractivity contribution in [2.45, 2.75) is 13.0 Å². The molecule has 4 aromatic rings. The number of hydrogen-bond acceptors (Lipinski definition) is 7. The van der Waals surface area contributed by atoms with Gasteiger partial charge < -0.3 is 16.4 Å². The lowest BCUT2D eigenvalue weighted by Gasteiger charge is -2.16. The van der Waals surface area contributed by atoms with Gasteiger partial charge in [0, 0.05) is 36.1 Å². The third-order valence-corrected chi connectivity index (χ3v) is 4.28. The highest BCUT2D eigenvalue weighted by Gasteiger charge is 2.10. The number of nitrogens with two attached hydrogens (primary N) is 1. The fourth-order valence-electron chi connectivity index (χ4n) is 2.85. The number of pyridine rings is 1. The van der Waals surface area contributed by atoms with Gasteiger partial charge in [-0.05, 0) is 36.8 Å². The molecule has 8 nitrogen and oxygen atoms in total. The lowest BCUT2D eigenvalue weighted by molar-refractivity contribution is 0.626. The number of nitrogen functional groups attached to an aromatic ring is 1. The molecule has 0 amide bonds. The average Bonchev–Trinajstić information content (AvgIpc) is 3.17. The first kappa shape index (κ1) is 18.4. The lowest BCUT2D eigenvalue weighted by atomic mass is 10.1. The van der Waals surface area contributed by atoms with Crippen LogP contribution in [0.5, 0.6) is 0 Å². The van der Waals surface area contributed by atoms with Gasteiger partial charge in [-0.15, -0.1) is 0 Å². The normalized spacial score (nSPS) is 11.8. The second-order valence-electron chi connectivity index (χ2n) is 6.45. The zero-order valence-corrected chi connectivity index (χ0v) is 15.6. The molecule has 1 atom stereocenters. The Kier molecular flexibility index (Phi) is 5.02. The molecule has 0 saturated heterocycles. The minimum Gasteiger partial charge on any atom is -0.368 e. The van der Waals surface area contributed by atoms with Gasteiger partial charge in [-0.25, -0.2) is 4.39 Å². The minimum absolute atomic E-state index is 0.0969. The maximum Gasteiger partial charge on any atom is 0.223 e. The number of hydrogen-bond donors (Lipinski definition) is 4. The van der Waals surface area contributed by atoms with Crippen LogP contribution in [0.3, 0.4) is 0 Å². The number of H-pyrrole nitrogens is 1. The molecule has 0 radical (unpaired) electrons. The van der Waals surface area contributed by atoms with E-state index in [2.05, 4.69) is 35.8 Å². The lowest BCUT2D eigenvalue weighted by Crippen LogP contribution is -2.10. The Bertz CT molecular complexity index is 1100. The fourth-order valence-corrected chi connectivity index (χ4v) is 2.85. The quantitative estimate of drug-likeness (QED) is 0.394. The Balaban J connectivity index is 1.50. The first-order valence-corrected chi connectivity index (χ1v) is 8.96. The zero-order valence-electron chi connectivity index (χ0n) is 15.6. The van der Waals surface area contributed by atoms with Crippen molar-refractivity contribution in [2.75, 3.05) is 16.4 Å². The molecule has 0 aliphatic heterocycles. The Morgan fingerprint density at radius 2 is 1.83 bits per heavy atom. The van der Waals surface area contributed by atoms with Crippen molar-refractivity contribution in [1.82, 2.24) is 25.1 Å². The Labute approximate surface area is 166 Å². The summed E-state index contributed by atoms with van der Waals surface area (Å²) in [5.74, 6) is 1.46. The average molecular weight is 390 g/mol. The summed E-state index contributed by atoms with van der Waals surface area (Å²) in [7, 11) is 0. The number of rotatable bonds is 6. The number of aromatic nitrogens is 5. The van der Waals surface area contributed by atoms with Crippen LogP contribution >= 0.6 is 0 Å². The Hall–Kier alpha value is -4.01. The Morgan fingerprint density at radius 3 is 2.59 bits per heavy atom. The summed E-state index contributed by atoms with van der Waals surface area (Å²) in [6.45, 7) is 1.95. The van der Waals surface area contributed by atoms with Crippen LogP contribution in [0.1, 0.15) is 18.5 Å². The van der Waals surface area contributed by atoms with Crippen LogP contribution in [0, 0.1) is 5.82 Å². The van der Waals surface area contributed by atoms with Crippen LogP contribution < -0.4 is 16.4 Å². The van der Waals surface area contributed by atoms with Crippen molar-refractivity contribution in [1.29, 1.82) is 0 Å². The van der Waals surface area contributed by atoms with E-state index in [0.29, 0.717) is 17.5 Å². The van der Waals surface area contributed by atoms with Crippen LogP contribution in [0.15, 0.2) is 60.9 Å². The molecule has 0 aliphatic rings. The van der Waals surface area contributed by atoms with E-state index in [1.807, 2.05) is 25.1 Å². The van der Waals surface area contributed by atoms with Gasteiger partial charge in [0.1, 0.15) is 17.5 Å². The molecule has 1 aromatic carbocycles. The van der Waals surface area contributed by atoms with E-state index < -0.39 is 0 Å². The number of halogens is 1. The van der Waals surface area contributed by atoms with E-state index in [4.69, 9.17) is 5.73 Å². The number of nitrogens with zero attached hydrogens (tertiary/aromatic N) is 4. The molecule has 5 N–H and O–H groups in total. The molecule has 3 aromatic heterocycles. The Morgan fingerprint density at radius 1 is 1.03 bits per heavy atom. The van der Waals surface area contributed by atoms with E-state index in [1.165, 1.54) is 12.1 Å².